The summed E-state index contributed by atoms with van der Waals surface area (Å²) in [5.41, 5.74) is 1.47. The Kier molecular flexibility index (Phi) is 2.77. The molecule has 1 amide bonds. The zero-order valence-corrected chi connectivity index (χ0v) is 9.31. The van der Waals surface area contributed by atoms with Crippen LogP contribution < -0.4 is 4.90 Å². The monoisotopic (exact) mass is 215 g/mol. The molecule has 0 spiro atoms. The summed E-state index contributed by atoms with van der Waals surface area (Å²) in [6.07, 6.45) is 1.53. The molecule has 0 bridgehead atoms. The summed E-state index contributed by atoms with van der Waals surface area (Å²) >= 11 is 0. The van der Waals surface area contributed by atoms with Gasteiger partial charge in [0.05, 0.1) is 11.8 Å². The van der Waals surface area contributed by atoms with Crippen LogP contribution in [-0.4, -0.2) is 13.0 Å². The van der Waals surface area contributed by atoms with Gasteiger partial charge in [-0.25, -0.2) is 0 Å². The molecule has 0 N–H and O–H groups in total. The number of aryl methyl sites for hydroxylation is 1. The summed E-state index contributed by atoms with van der Waals surface area (Å²) in [7, 11) is 1.75. The third kappa shape index (κ3) is 1.84. The molecule has 1 heterocycles. The minimum Gasteiger partial charge on any atom is -0.469 e. The van der Waals surface area contributed by atoms with Gasteiger partial charge in [0.2, 0.25) is 0 Å². The quantitative estimate of drug-likeness (QED) is 0.771. The molecule has 0 unspecified atom stereocenters. The molecule has 0 saturated heterocycles. The number of anilines is 1. The van der Waals surface area contributed by atoms with E-state index in [4.69, 9.17) is 4.42 Å². The molecule has 3 heteroatoms. The Hall–Kier alpha value is -2.03. The van der Waals surface area contributed by atoms with Crippen molar-refractivity contribution in [1.82, 2.24) is 0 Å². The SMILES string of the molecule is Cc1occc1C(=O)N(C)c1ccccc1. The van der Waals surface area contributed by atoms with E-state index < -0.39 is 0 Å². The highest BCUT2D eigenvalue weighted by molar-refractivity contribution is 6.06. The van der Waals surface area contributed by atoms with E-state index in [0.717, 1.165) is 5.69 Å². The fourth-order valence-electron chi connectivity index (χ4n) is 1.56. The summed E-state index contributed by atoms with van der Waals surface area (Å²) in [5.74, 6) is 0.588. The van der Waals surface area contributed by atoms with Crippen molar-refractivity contribution in [3.63, 3.8) is 0 Å². The maximum absolute atomic E-state index is 12.1. The van der Waals surface area contributed by atoms with Gasteiger partial charge in [0.15, 0.2) is 0 Å². The fourth-order valence-corrected chi connectivity index (χ4v) is 1.56. The molecule has 2 aromatic rings. The van der Waals surface area contributed by atoms with Gasteiger partial charge in [0, 0.05) is 12.7 Å². The van der Waals surface area contributed by atoms with Crippen LogP contribution in [0.5, 0.6) is 0 Å². The molecule has 0 aliphatic rings. The molecular formula is C13H13NO2. The van der Waals surface area contributed by atoms with Gasteiger partial charge in [0.25, 0.3) is 5.91 Å². The zero-order valence-electron chi connectivity index (χ0n) is 9.31. The van der Waals surface area contributed by atoms with Crippen molar-refractivity contribution in [1.29, 1.82) is 0 Å². The summed E-state index contributed by atoms with van der Waals surface area (Å²) in [6, 6.07) is 11.2. The predicted octanol–water partition coefficient (Wildman–Crippen LogP) is 2.86. The van der Waals surface area contributed by atoms with E-state index in [-0.39, 0.29) is 5.91 Å². The topological polar surface area (TPSA) is 33.5 Å². The Labute approximate surface area is 94.3 Å². The van der Waals surface area contributed by atoms with Crippen molar-refractivity contribution >= 4 is 11.6 Å². The number of carbonyl (C=O) groups is 1. The van der Waals surface area contributed by atoms with Crippen molar-refractivity contribution in [3.05, 3.63) is 54.0 Å². The summed E-state index contributed by atoms with van der Waals surface area (Å²) in [5, 5.41) is 0. The number of para-hydroxylation sites is 1. The summed E-state index contributed by atoms with van der Waals surface area (Å²) in [4.78, 5) is 13.7. The molecule has 0 saturated carbocycles. The van der Waals surface area contributed by atoms with Gasteiger partial charge >= 0.3 is 0 Å². The van der Waals surface area contributed by atoms with E-state index in [9.17, 15) is 4.79 Å². The van der Waals surface area contributed by atoms with Crippen molar-refractivity contribution in [2.75, 3.05) is 11.9 Å². The van der Waals surface area contributed by atoms with Crippen LogP contribution in [0, 0.1) is 6.92 Å². The Morgan fingerprint density at radius 1 is 1.19 bits per heavy atom. The molecule has 0 aliphatic carbocycles. The predicted molar refractivity (Wildman–Crippen MR) is 62.6 cm³/mol. The first-order chi connectivity index (χ1) is 7.70. The minimum absolute atomic E-state index is 0.0579. The highest BCUT2D eigenvalue weighted by Gasteiger charge is 2.16. The van der Waals surface area contributed by atoms with E-state index >= 15 is 0 Å². The van der Waals surface area contributed by atoms with Crippen molar-refractivity contribution in [2.24, 2.45) is 0 Å². The second-order valence-corrected chi connectivity index (χ2v) is 3.59. The highest BCUT2D eigenvalue weighted by atomic mass is 16.3. The number of amides is 1. The van der Waals surface area contributed by atoms with Gasteiger partial charge < -0.3 is 9.32 Å². The smallest absolute Gasteiger partial charge is 0.261 e. The van der Waals surface area contributed by atoms with Crippen LogP contribution in [0.25, 0.3) is 0 Å². The average molecular weight is 215 g/mol. The second kappa shape index (κ2) is 4.23. The Morgan fingerprint density at radius 2 is 1.88 bits per heavy atom. The maximum atomic E-state index is 12.1. The van der Waals surface area contributed by atoms with Gasteiger partial charge in [-0.3, -0.25) is 4.79 Å². The van der Waals surface area contributed by atoms with Crippen molar-refractivity contribution < 1.29 is 9.21 Å². The standard InChI is InChI=1S/C13H13NO2/c1-10-12(8-9-16-10)13(15)14(2)11-6-4-3-5-7-11/h3-9H,1-2H3. The minimum atomic E-state index is -0.0579. The number of nitrogens with zero attached hydrogens (tertiary/aromatic N) is 1. The summed E-state index contributed by atoms with van der Waals surface area (Å²) in [6.45, 7) is 1.78. The number of benzene rings is 1. The average Bonchev–Trinajstić information content (AvgIpc) is 2.75. The third-order valence-corrected chi connectivity index (χ3v) is 2.54. The van der Waals surface area contributed by atoms with Gasteiger partial charge in [-0.05, 0) is 25.1 Å². The number of rotatable bonds is 2. The fraction of sp³-hybridized carbons (Fsp3) is 0.154. The molecule has 0 atom stereocenters. The second-order valence-electron chi connectivity index (χ2n) is 3.59. The lowest BCUT2D eigenvalue weighted by Gasteiger charge is -2.16. The highest BCUT2D eigenvalue weighted by Crippen LogP contribution is 2.17. The van der Waals surface area contributed by atoms with Crippen LogP contribution in [0.4, 0.5) is 5.69 Å². The van der Waals surface area contributed by atoms with E-state index in [0.29, 0.717) is 11.3 Å². The van der Waals surface area contributed by atoms with Crippen molar-refractivity contribution in [2.45, 2.75) is 6.92 Å². The zero-order chi connectivity index (χ0) is 11.5. The van der Waals surface area contributed by atoms with E-state index in [1.807, 2.05) is 30.3 Å². The molecule has 0 fully saturated rings. The molecule has 1 aromatic carbocycles. The molecule has 82 valence electrons. The lowest BCUT2D eigenvalue weighted by atomic mass is 10.2. The lowest BCUT2D eigenvalue weighted by molar-refractivity contribution is 0.0991. The van der Waals surface area contributed by atoms with Crippen LogP contribution in [0.2, 0.25) is 0 Å². The first-order valence-corrected chi connectivity index (χ1v) is 5.07. The van der Waals surface area contributed by atoms with Gasteiger partial charge in [-0.15, -0.1) is 0 Å². The van der Waals surface area contributed by atoms with Crippen LogP contribution in [-0.2, 0) is 0 Å². The first kappa shape index (κ1) is 10.5. The van der Waals surface area contributed by atoms with Crippen LogP contribution in [0.1, 0.15) is 16.1 Å². The molecule has 0 radical (unpaired) electrons. The van der Waals surface area contributed by atoms with Crippen LogP contribution in [0.15, 0.2) is 47.1 Å². The molecule has 2 rings (SSSR count). The number of hydrogen-bond acceptors (Lipinski definition) is 2. The van der Waals surface area contributed by atoms with E-state index in [1.165, 1.54) is 6.26 Å². The Balaban J connectivity index is 2.27. The molecule has 0 aliphatic heterocycles. The molecule has 3 nitrogen and oxygen atoms in total. The number of carbonyl (C=O) groups excluding carboxylic acids is 1. The van der Waals surface area contributed by atoms with E-state index in [1.54, 1.807) is 24.9 Å². The normalized spacial score (nSPS) is 10.1. The Bertz CT molecular complexity index is 488. The maximum Gasteiger partial charge on any atom is 0.261 e. The first-order valence-electron chi connectivity index (χ1n) is 5.07. The largest absolute Gasteiger partial charge is 0.469 e. The number of furan rings is 1. The Morgan fingerprint density at radius 3 is 2.44 bits per heavy atom. The molecule has 1 aromatic heterocycles. The van der Waals surface area contributed by atoms with Crippen LogP contribution >= 0.6 is 0 Å². The van der Waals surface area contributed by atoms with Gasteiger partial charge in [-0.1, -0.05) is 18.2 Å². The van der Waals surface area contributed by atoms with Gasteiger partial charge in [0.1, 0.15) is 5.76 Å². The summed E-state index contributed by atoms with van der Waals surface area (Å²) < 4.78 is 5.12. The van der Waals surface area contributed by atoms with Crippen LogP contribution in [0.3, 0.4) is 0 Å². The molecular weight excluding hydrogens is 202 g/mol. The van der Waals surface area contributed by atoms with Gasteiger partial charge in [-0.2, -0.15) is 0 Å². The van der Waals surface area contributed by atoms with Crippen molar-refractivity contribution in [3.8, 4) is 0 Å². The number of hydrogen-bond donors (Lipinski definition) is 0. The van der Waals surface area contributed by atoms with E-state index in [2.05, 4.69) is 0 Å². The lowest BCUT2D eigenvalue weighted by Crippen LogP contribution is -2.26. The molecule has 16 heavy (non-hydrogen) atoms. The third-order valence-electron chi connectivity index (χ3n) is 2.54.